The molecule has 37 heavy (non-hydrogen) atoms. The number of likely N-dealkylation sites (tertiary alicyclic amines) is 1. The first-order valence-electron chi connectivity index (χ1n) is 12.8. The van der Waals surface area contributed by atoms with Crippen LogP contribution in [0.3, 0.4) is 0 Å². The largest absolute Gasteiger partial charge is 0.461 e. The lowest BCUT2D eigenvalue weighted by atomic mass is 9.85. The van der Waals surface area contributed by atoms with Gasteiger partial charge in [0.2, 0.25) is 11.8 Å². The Morgan fingerprint density at radius 1 is 1.14 bits per heavy atom. The van der Waals surface area contributed by atoms with Gasteiger partial charge in [-0.25, -0.2) is 4.98 Å². The number of hydrogen-bond acceptors (Lipinski definition) is 7. The van der Waals surface area contributed by atoms with Gasteiger partial charge in [0.1, 0.15) is 12.1 Å². The summed E-state index contributed by atoms with van der Waals surface area (Å²) in [6.07, 6.45) is -0.250. The molecule has 202 valence electrons. The van der Waals surface area contributed by atoms with E-state index in [0.29, 0.717) is 0 Å². The number of carbonyl (C=O) groups excluding carboxylic acids is 3. The molecular formula is C28H40N4O4S. The third kappa shape index (κ3) is 7.17. The van der Waals surface area contributed by atoms with Gasteiger partial charge in [-0.1, -0.05) is 58.9 Å². The van der Waals surface area contributed by atoms with Gasteiger partial charge in [-0.05, 0) is 30.4 Å². The van der Waals surface area contributed by atoms with Crippen LogP contribution in [0.1, 0.15) is 72.2 Å². The Bertz CT molecular complexity index is 1110. The summed E-state index contributed by atoms with van der Waals surface area (Å²) in [6, 6.07) is 6.68. The summed E-state index contributed by atoms with van der Waals surface area (Å²) < 4.78 is 5.43. The summed E-state index contributed by atoms with van der Waals surface area (Å²) in [4.78, 5) is 45.9. The zero-order valence-corrected chi connectivity index (χ0v) is 23.9. The molecular weight excluding hydrogens is 488 g/mol. The van der Waals surface area contributed by atoms with E-state index in [-0.39, 0.29) is 42.3 Å². The monoisotopic (exact) mass is 528 g/mol. The number of nitrogens with one attached hydrogen (secondary N) is 2. The number of benzene rings is 1. The topological polar surface area (TPSA) is 101 Å². The van der Waals surface area contributed by atoms with E-state index in [4.69, 9.17) is 4.74 Å². The number of esters is 1. The van der Waals surface area contributed by atoms with Crippen LogP contribution in [0.5, 0.6) is 0 Å². The molecule has 0 bridgehead atoms. The van der Waals surface area contributed by atoms with Crippen molar-refractivity contribution >= 4 is 29.1 Å². The molecule has 0 saturated carbocycles. The molecule has 2 amide bonds. The predicted molar refractivity (Wildman–Crippen MR) is 146 cm³/mol. The van der Waals surface area contributed by atoms with E-state index < -0.39 is 24.2 Å². The maximum atomic E-state index is 13.7. The van der Waals surface area contributed by atoms with Crippen LogP contribution in [0.4, 0.5) is 0 Å². The Morgan fingerprint density at radius 2 is 1.78 bits per heavy atom. The molecule has 1 aliphatic heterocycles. The lowest BCUT2D eigenvalue weighted by Gasteiger charge is -2.36. The second-order valence-electron chi connectivity index (χ2n) is 11.2. The van der Waals surface area contributed by atoms with Gasteiger partial charge in [0.15, 0.2) is 0 Å². The van der Waals surface area contributed by atoms with Gasteiger partial charge in [0.25, 0.3) is 0 Å². The lowest BCUT2D eigenvalue weighted by Crippen LogP contribution is -2.58. The van der Waals surface area contributed by atoms with Crippen molar-refractivity contribution in [2.24, 2.45) is 5.41 Å². The lowest BCUT2D eigenvalue weighted by molar-refractivity contribution is -0.147. The number of ether oxygens (including phenoxy) is 1. The molecule has 1 fully saturated rings. The molecule has 1 saturated heterocycles. The maximum absolute atomic E-state index is 13.7. The second kappa shape index (κ2) is 11.7. The van der Waals surface area contributed by atoms with Crippen molar-refractivity contribution in [3.63, 3.8) is 0 Å². The highest BCUT2D eigenvalue weighted by atomic mass is 32.1. The standard InChI is InChI=1S/C28H40N4O4S/c1-16(2)30-25(28(6,7)8)27(35)32-14-22(36-19(5)33)13-23(32)26(34)31-17(3)20-9-11-21(12-10-20)24-18(4)29-15-37-24/h9-12,15-17,22-23,25,30H,13-14H2,1-8H3,(H,31,34)/t17-,22-,23-,25+/m1/s1. The van der Waals surface area contributed by atoms with Gasteiger partial charge in [0, 0.05) is 19.4 Å². The van der Waals surface area contributed by atoms with Crippen LogP contribution in [0, 0.1) is 12.3 Å². The van der Waals surface area contributed by atoms with Crippen molar-refractivity contribution in [2.45, 2.75) is 92.1 Å². The molecule has 0 unspecified atom stereocenters. The molecule has 1 aromatic heterocycles. The van der Waals surface area contributed by atoms with Crippen LogP contribution in [0.25, 0.3) is 10.4 Å². The summed E-state index contributed by atoms with van der Waals surface area (Å²) in [5, 5.41) is 6.44. The van der Waals surface area contributed by atoms with Gasteiger partial charge < -0.3 is 20.3 Å². The van der Waals surface area contributed by atoms with Gasteiger partial charge in [-0.3, -0.25) is 14.4 Å². The molecule has 8 nitrogen and oxygen atoms in total. The van der Waals surface area contributed by atoms with Crippen molar-refractivity contribution in [3.05, 3.63) is 41.0 Å². The molecule has 0 spiro atoms. The van der Waals surface area contributed by atoms with Gasteiger partial charge >= 0.3 is 5.97 Å². The van der Waals surface area contributed by atoms with E-state index in [1.807, 2.05) is 78.2 Å². The van der Waals surface area contributed by atoms with E-state index >= 15 is 0 Å². The Morgan fingerprint density at radius 3 is 2.30 bits per heavy atom. The van der Waals surface area contributed by atoms with E-state index in [2.05, 4.69) is 15.6 Å². The molecule has 0 radical (unpaired) electrons. The third-order valence-corrected chi connectivity index (χ3v) is 7.55. The summed E-state index contributed by atoms with van der Waals surface area (Å²) in [6.45, 7) is 15.4. The number of hydrogen-bond donors (Lipinski definition) is 2. The summed E-state index contributed by atoms with van der Waals surface area (Å²) in [5.41, 5.74) is 4.51. The Labute approximate surface area is 224 Å². The zero-order chi connectivity index (χ0) is 27.5. The van der Waals surface area contributed by atoms with E-state index in [1.165, 1.54) is 6.92 Å². The van der Waals surface area contributed by atoms with Crippen molar-refractivity contribution in [1.82, 2.24) is 20.5 Å². The van der Waals surface area contributed by atoms with Gasteiger partial charge in [0.05, 0.1) is 34.7 Å². The molecule has 2 aromatic rings. The number of amides is 2. The van der Waals surface area contributed by atoms with Crippen molar-refractivity contribution in [2.75, 3.05) is 6.54 Å². The van der Waals surface area contributed by atoms with Crippen LogP contribution in [-0.4, -0.2) is 58.4 Å². The van der Waals surface area contributed by atoms with E-state index in [9.17, 15) is 14.4 Å². The second-order valence-corrected chi connectivity index (χ2v) is 12.1. The van der Waals surface area contributed by atoms with Crippen molar-refractivity contribution < 1.29 is 19.1 Å². The fourth-order valence-electron chi connectivity index (χ4n) is 4.70. The first-order chi connectivity index (χ1) is 17.3. The number of aromatic nitrogens is 1. The minimum atomic E-state index is -0.725. The van der Waals surface area contributed by atoms with Gasteiger partial charge in [-0.15, -0.1) is 11.3 Å². The molecule has 2 heterocycles. The maximum Gasteiger partial charge on any atom is 0.302 e. The summed E-state index contributed by atoms with van der Waals surface area (Å²) >= 11 is 1.60. The molecule has 3 rings (SSSR count). The van der Waals surface area contributed by atoms with Crippen LogP contribution >= 0.6 is 11.3 Å². The zero-order valence-electron chi connectivity index (χ0n) is 23.1. The minimum absolute atomic E-state index is 0.0871. The molecule has 9 heteroatoms. The van der Waals surface area contributed by atoms with Crippen molar-refractivity contribution in [3.8, 4) is 10.4 Å². The molecule has 2 N–H and O–H groups in total. The Kier molecular flexibility index (Phi) is 9.13. The molecule has 0 aliphatic carbocycles. The van der Waals surface area contributed by atoms with Crippen LogP contribution in [0.15, 0.2) is 29.8 Å². The number of thiazole rings is 1. The molecule has 4 atom stereocenters. The van der Waals surface area contributed by atoms with Crippen LogP contribution in [-0.2, 0) is 19.1 Å². The number of carbonyl (C=O) groups is 3. The number of aryl methyl sites for hydroxylation is 1. The Hall–Kier alpha value is -2.78. The first-order valence-corrected chi connectivity index (χ1v) is 13.7. The first kappa shape index (κ1) is 28.8. The average molecular weight is 529 g/mol. The highest BCUT2D eigenvalue weighted by molar-refractivity contribution is 7.13. The molecule has 1 aromatic carbocycles. The SMILES string of the molecule is CC(=O)O[C@@H]1C[C@H](C(=O)N[C@H](C)c2ccc(-c3scnc3C)cc2)N(C(=O)[C@H](NC(C)C)C(C)(C)C)C1. The van der Waals surface area contributed by atoms with Crippen molar-refractivity contribution in [1.29, 1.82) is 0 Å². The fourth-order valence-corrected chi connectivity index (χ4v) is 5.51. The quantitative estimate of drug-likeness (QED) is 0.497. The third-order valence-electron chi connectivity index (χ3n) is 6.57. The fraction of sp³-hybridized carbons (Fsp3) is 0.571. The minimum Gasteiger partial charge on any atom is -0.461 e. The van der Waals surface area contributed by atoms with E-state index in [1.54, 1.807) is 16.2 Å². The summed E-state index contributed by atoms with van der Waals surface area (Å²) in [5.74, 6) is -0.834. The summed E-state index contributed by atoms with van der Waals surface area (Å²) in [7, 11) is 0. The predicted octanol–water partition coefficient (Wildman–Crippen LogP) is 4.24. The highest BCUT2D eigenvalue weighted by Crippen LogP contribution is 2.30. The van der Waals surface area contributed by atoms with E-state index in [0.717, 1.165) is 21.7 Å². The molecule has 1 aliphatic rings. The van der Waals surface area contributed by atoms with Crippen LogP contribution in [0.2, 0.25) is 0 Å². The highest BCUT2D eigenvalue weighted by Gasteiger charge is 2.45. The van der Waals surface area contributed by atoms with Gasteiger partial charge in [-0.2, -0.15) is 0 Å². The smallest absolute Gasteiger partial charge is 0.302 e. The van der Waals surface area contributed by atoms with Crippen LogP contribution < -0.4 is 10.6 Å². The number of rotatable bonds is 8. The Balaban J connectivity index is 1.78. The average Bonchev–Trinajstić information content (AvgIpc) is 3.42. The number of nitrogens with zero attached hydrogens (tertiary/aromatic N) is 2. The normalized spacial score (nSPS) is 19.5.